The number of para-hydroxylation sites is 1. The molecule has 0 saturated carbocycles. The van der Waals surface area contributed by atoms with Crippen LogP contribution in [0, 0.1) is 6.92 Å². The molecule has 1 fully saturated rings. The van der Waals surface area contributed by atoms with E-state index in [1.807, 2.05) is 31.3 Å². The minimum atomic E-state index is 0.720. The Morgan fingerprint density at radius 3 is 2.54 bits per heavy atom. The lowest BCUT2D eigenvalue weighted by Gasteiger charge is -2.30. The van der Waals surface area contributed by atoms with Crippen LogP contribution in [0.3, 0.4) is 0 Å². The van der Waals surface area contributed by atoms with Gasteiger partial charge in [0.1, 0.15) is 5.82 Å². The molecule has 0 amide bonds. The predicted octanol–water partition coefficient (Wildman–Crippen LogP) is 3.57. The number of benzene rings is 1. The van der Waals surface area contributed by atoms with E-state index in [1.54, 1.807) is 4.68 Å². The molecule has 1 N–H and O–H groups in total. The third kappa shape index (κ3) is 3.69. The first-order valence-electron chi connectivity index (χ1n) is 9.23. The number of hydrogen-bond acceptors (Lipinski definition) is 5. The second-order valence-electron chi connectivity index (χ2n) is 6.71. The van der Waals surface area contributed by atoms with E-state index in [9.17, 15) is 0 Å². The standard InChI is InChI=1S/C20H24N6/c1-16-11-14-26(24-16)20-10-9-19(22-23-20)21-15-17-7-3-4-8-18(17)25-12-5-2-6-13-25/h3-4,7-11,14H,2,5-6,12-13,15H2,1H3,(H,21,22). The van der Waals surface area contributed by atoms with Gasteiger partial charge in [0.05, 0.1) is 5.69 Å². The quantitative estimate of drug-likeness (QED) is 0.764. The van der Waals surface area contributed by atoms with Gasteiger partial charge in [0.25, 0.3) is 0 Å². The molecule has 0 spiro atoms. The van der Waals surface area contributed by atoms with Gasteiger partial charge in [-0.05, 0) is 56.0 Å². The molecule has 3 aromatic rings. The highest BCUT2D eigenvalue weighted by molar-refractivity contribution is 5.55. The van der Waals surface area contributed by atoms with Crippen molar-refractivity contribution in [2.75, 3.05) is 23.3 Å². The van der Waals surface area contributed by atoms with Gasteiger partial charge in [0.2, 0.25) is 0 Å². The predicted molar refractivity (Wildman–Crippen MR) is 104 cm³/mol. The maximum atomic E-state index is 4.36. The zero-order valence-corrected chi connectivity index (χ0v) is 15.1. The molecule has 0 atom stereocenters. The Bertz CT molecular complexity index is 849. The van der Waals surface area contributed by atoms with Gasteiger partial charge in [-0.25, -0.2) is 4.68 Å². The summed E-state index contributed by atoms with van der Waals surface area (Å²) in [5.41, 5.74) is 3.59. The van der Waals surface area contributed by atoms with Crippen LogP contribution in [0.15, 0.2) is 48.7 Å². The number of nitrogens with one attached hydrogen (secondary N) is 1. The highest BCUT2D eigenvalue weighted by Gasteiger charge is 2.14. The van der Waals surface area contributed by atoms with Gasteiger partial charge in [-0.2, -0.15) is 5.10 Å². The van der Waals surface area contributed by atoms with Crippen LogP contribution in [0.5, 0.6) is 0 Å². The summed E-state index contributed by atoms with van der Waals surface area (Å²) in [6, 6.07) is 14.4. The van der Waals surface area contributed by atoms with E-state index in [-0.39, 0.29) is 0 Å². The van der Waals surface area contributed by atoms with Crippen LogP contribution in [0.1, 0.15) is 30.5 Å². The van der Waals surface area contributed by atoms with Crippen molar-refractivity contribution in [3.05, 3.63) is 59.9 Å². The second-order valence-corrected chi connectivity index (χ2v) is 6.71. The average Bonchev–Trinajstić information content (AvgIpc) is 3.14. The summed E-state index contributed by atoms with van der Waals surface area (Å²) in [5.74, 6) is 1.49. The lowest BCUT2D eigenvalue weighted by Crippen LogP contribution is -2.30. The van der Waals surface area contributed by atoms with Gasteiger partial charge in [-0.3, -0.25) is 0 Å². The summed E-state index contributed by atoms with van der Waals surface area (Å²) in [4.78, 5) is 2.50. The lowest BCUT2D eigenvalue weighted by molar-refractivity contribution is 0.576. The smallest absolute Gasteiger partial charge is 0.175 e. The van der Waals surface area contributed by atoms with Crippen molar-refractivity contribution in [2.45, 2.75) is 32.7 Å². The molecule has 1 saturated heterocycles. The number of aromatic nitrogens is 4. The summed E-state index contributed by atoms with van der Waals surface area (Å²) >= 11 is 0. The molecule has 0 unspecified atom stereocenters. The number of anilines is 2. The van der Waals surface area contributed by atoms with E-state index in [1.165, 1.54) is 30.5 Å². The van der Waals surface area contributed by atoms with Gasteiger partial charge >= 0.3 is 0 Å². The van der Waals surface area contributed by atoms with Gasteiger partial charge < -0.3 is 10.2 Å². The second kappa shape index (κ2) is 7.56. The van der Waals surface area contributed by atoms with Crippen molar-refractivity contribution in [1.82, 2.24) is 20.0 Å². The van der Waals surface area contributed by atoms with Crippen LogP contribution in [-0.4, -0.2) is 33.1 Å². The summed E-state index contributed by atoms with van der Waals surface area (Å²) in [7, 11) is 0. The van der Waals surface area contributed by atoms with Gasteiger partial charge in [0, 0.05) is 31.5 Å². The van der Waals surface area contributed by atoms with Crippen molar-refractivity contribution >= 4 is 11.5 Å². The molecule has 26 heavy (non-hydrogen) atoms. The Labute approximate surface area is 153 Å². The Balaban J connectivity index is 1.44. The van der Waals surface area contributed by atoms with E-state index in [0.29, 0.717) is 0 Å². The molecular weight excluding hydrogens is 324 g/mol. The molecular formula is C20H24N6. The van der Waals surface area contributed by atoms with E-state index >= 15 is 0 Å². The molecule has 1 aromatic carbocycles. The van der Waals surface area contributed by atoms with Crippen molar-refractivity contribution in [2.24, 2.45) is 0 Å². The monoisotopic (exact) mass is 348 g/mol. The van der Waals surface area contributed by atoms with Crippen molar-refractivity contribution < 1.29 is 0 Å². The van der Waals surface area contributed by atoms with Gasteiger partial charge in [-0.1, -0.05) is 18.2 Å². The van der Waals surface area contributed by atoms with E-state index < -0.39 is 0 Å². The molecule has 0 bridgehead atoms. The molecule has 1 aliphatic heterocycles. The highest BCUT2D eigenvalue weighted by atomic mass is 15.3. The molecule has 0 aliphatic carbocycles. The molecule has 134 valence electrons. The normalized spacial score (nSPS) is 14.4. The minimum absolute atomic E-state index is 0.720. The lowest BCUT2D eigenvalue weighted by atomic mass is 10.1. The van der Waals surface area contributed by atoms with Crippen LogP contribution in [0.25, 0.3) is 5.82 Å². The molecule has 6 nitrogen and oxygen atoms in total. The average molecular weight is 348 g/mol. The number of nitrogens with zero attached hydrogens (tertiary/aromatic N) is 5. The summed E-state index contributed by atoms with van der Waals surface area (Å²) in [5, 5.41) is 16.3. The fraction of sp³-hybridized carbons (Fsp3) is 0.350. The number of aryl methyl sites for hydroxylation is 1. The molecule has 0 radical (unpaired) electrons. The number of hydrogen-bond donors (Lipinski definition) is 1. The Morgan fingerprint density at radius 2 is 1.81 bits per heavy atom. The maximum Gasteiger partial charge on any atom is 0.175 e. The fourth-order valence-electron chi connectivity index (χ4n) is 3.37. The third-order valence-corrected chi connectivity index (χ3v) is 4.76. The molecule has 3 heterocycles. The van der Waals surface area contributed by atoms with Crippen molar-refractivity contribution in [3.8, 4) is 5.82 Å². The number of piperidine rings is 1. The third-order valence-electron chi connectivity index (χ3n) is 4.76. The van der Waals surface area contributed by atoms with Gasteiger partial charge in [-0.15, -0.1) is 10.2 Å². The maximum absolute atomic E-state index is 4.36. The molecule has 4 rings (SSSR count). The first-order valence-corrected chi connectivity index (χ1v) is 9.23. The van der Waals surface area contributed by atoms with Crippen LogP contribution in [-0.2, 0) is 6.54 Å². The summed E-state index contributed by atoms with van der Waals surface area (Å²) in [6.45, 7) is 4.99. The first-order chi connectivity index (χ1) is 12.8. The minimum Gasteiger partial charge on any atom is -0.371 e. The van der Waals surface area contributed by atoms with Crippen LogP contribution in [0.4, 0.5) is 11.5 Å². The van der Waals surface area contributed by atoms with E-state index in [0.717, 1.165) is 37.0 Å². The molecule has 2 aromatic heterocycles. The van der Waals surface area contributed by atoms with Crippen molar-refractivity contribution in [1.29, 1.82) is 0 Å². The van der Waals surface area contributed by atoms with Crippen LogP contribution >= 0.6 is 0 Å². The molecule has 1 aliphatic rings. The summed E-state index contributed by atoms with van der Waals surface area (Å²) in [6.07, 6.45) is 5.79. The highest BCUT2D eigenvalue weighted by Crippen LogP contribution is 2.24. The molecule has 6 heteroatoms. The number of rotatable bonds is 5. The van der Waals surface area contributed by atoms with Crippen molar-refractivity contribution in [3.63, 3.8) is 0 Å². The zero-order chi connectivity index (χ0) is 17.8. The Kier molecular flexibility index (Phi) is 4.82. The zero-order valence-electron chi connectivity index (χ0n) is 15.1. The van der Waals surface area contributed by atoms with E-state index in [2.05, 4.69) is 49.8 Å². The first kappa shape index (κ1) is 16.6. The Morgan fingerprint density at radius 1 is 0.962 bits per heavy atom. The van der Waals surface area contributed by atoms with Gasteiger partial charge in [0.15, 0.2) is 5.82 Å². The largest absolute Gasteiger partial charge is 0.371 e. The van der Waals surface area contributed by atoms with E-state index in [4.69, 9.17) is 0 Å². The SMILES string of the molecule is Cc1ccn(-c2ccc(NCc3ccccc3N3CCCCC3)nn2)n1. The fourth-order valence-corrected chi connectivity index (χ4v) is 3.37. The summed E-state index contributed by atoms with van der Waals surface area (Å²) < 4.78 is 1.73. The topological polar surface area (TPSA) is 58.9 Å². The van der Waals surface area contributed by atoms with Crippen LogP contribution in [0.2, 0.25) is 0 Å². The Hall–Kier alpha value is -2.89. The van der Waals surface area contributed by atoms with Crippen LogP contribution < -0.4 is 10.2 Å².